The summed E-state index contributed by atoms with van der Waals surface area (Å²) in [5.74, 6) is -2.07. The van der Waals surface area contributed by atoms with Crippen LogP contribution >= 0.6 is 0 Å². The molecule has 1 saturated heterocycles. The molecular formula is C27H24O4S. The molecule has 3 aliphatic rings. The normalized spacial score (nSPS) is 27.0. The van der Waals surface area contributed by atoms with Gasteiger partial charge in [-0.3, -0.25) is 4.79 Å². The van der Waals surface area contributed by atoms with E-state index in [2.05, 4.69) is 91.0 Å². The molecule has 162 valence electrons. The van der Waals surface area contributed by atoms with E-state index in [9.17, 15) is 14.7 Å². The Morgan fingerprint density at radius 1 is 0.781 bits per heavy atom. The summed E-state index contributed by atoms with van der Waals surface area (Å²) >= 11 is 0. The maximum atomic E-state index is 11.3. The summed E-state index contributed by atoms with van der Waals surface area (Å²) < 4.78 is 5.09. The Morgan fingerprint density at radius 3 is 1.69 bits per heavy atom. The van der Waals surface area contributed by atoms with Crippen LogP contribution in [0.25, 0.3) is 0 Å². The number of ether oxygens (including phenoxy) is 1. The highest BCUT2D eigenvalue weighted by Crippen LogP contribution is 2.57. The maximum Gasteiger partial charge on any atom is 0.310 e. The van der Waals surface area contributed by atoms with E-state index in [1.165, 1.54) is 14.7 Å². The van der Waals surface area contributed by atoms with Crippen LogP contribution in [0.15, 0.2) is 106 Å². The van der Waals surface area contributed by atoms with Crippen LogP contribution in [0.2, 0.25) is 0 Å². The molecule has 0 N–H and O–H groups in total. The van der Waals surface area contributed by atoms with E-state index in [4.69, 9.17) is 4.74 Å². The molecule has 2 aliphatic carbocycles. The zero-order chi connectivity index (χ0) is 22.1. The minimum Gasteiger partial charge on any atom is -0.550 e. The Kier molecular flexibility index (Phi) is 5.75. The Bertz CT molecular complexity index is 991. The number of carboxylic acid groups (broad SMARTS) is 1. The molecule has 0 aromatic heterocycles. The van der Waals surface area contributed by atoms with Crippen LogP contribution < -0.4 is 5.11 Å². The fourth-order valence-electron chi connectivity index (χ4n) is 5.40. The van der Waals surface area contributed by atoms with Crippen LogP contribution in [0.5, 0.6) is 0 Å². The number of hydrogen-bond donors (Lipinski definition) is 0. The van der Waals surface area contributed by atoms with Crippen LogP contribution in [0, 0.1) is 23.7 Å². The zero-order valence-corrected chi connectivity index (χ0v) is 18.3. The molecular weight excluding hydrogens is 420 g/mol. The molecule has 0 amide bonds. The Labute approximate surface area is 190 Å². The van der Waals surface area contributed by atoms with Crippen molar-refractivity contribution in [1.82, 2.24) is 0 Å². The number of fused-ring (bicyclic) bond motifs is 1. The van der Waals surface area contributed by atoms with Gasteiger partial charge in [0.1, 0.15) is 6.10 Å². The van der Waals surface area contributed by atoms with Crippen LogP contribution in [-0.2, 0) is 25.2 Å². The van der Waals surface area contributed by atoms with Gasteiger partial charge in [0.15, 0.2) is 14.7 Å². The van der Waals surface area contributed by atoms with E-state index in [1.54, 1.807) is 0 Å². The molecule has 32 heavy (non-hydrogen) atoms. The smallest absolute Gasteiger partial charge is 0.310 e. The van der Waals surface area contributed by atoms with Gasteiger partial charge >= 0.3 is 5.97 Å². The standard InChI is InChI=1S/C18H15S.C9H10O4/c1-4-10-16(11-5-1)19(17-12-6-2-7-13-17)18-14-8-3-9-15-18;10-8(11)6-3-1-4-5(2-3)13-9(12)7(4)6/h1-15H;3-7H,1-2H2,(H,10,11)/q+1;/p-1. The molecule has 1 aliphatic heterocycles. The third-order valence-electron chi connectivity index (χ3n) is 6.69. The van der Waals surface area contributed by atoms with Crippen LogP contribution in [0.3, 0.4) is 0 Å². The Balaban J connectivity index is 0.000000144. The number of carboxylic acids is 1. The predicted molar refractivity (Wildman–Crippen MR) is 120 cm³/mol. The van der Waals surface area contributed by atoms with Crippen LogP contribution in [0.1, 0.15) is 12.8 Å². The quantitative estimate of drug-likeness (QED) is 0.454. The summed E-state index contributed by atoms with van der Waals surface area (Å²) in [5, 5.41) is 10.8. The van der Waals surface area contributed by atoms with Crippen molar-refractivity contribution in [3.8, 4) is 0 Å². The zero-order valence-electron chi connectivity index (χ0n) is 17.5. The van der Waals surface area contributed by atoms with E-state index in [0.717, 1.165) is 12.8 Å². The lowest BCUT2D eigenvalue weighted by molar-refractivity contribution is -0.314. The molecule has 3 aromatic carbocycles. The van der Waals surface area contributed by atoms with Gasteiger partial charge < -0.3 is 14.6 Å². The van der Waals surface area contributed by atoms with Crippen molar-refractivity contribution in [3.63, 3.8) is 0 Å². The van der Waals surface area contributed by atoms with Gasteiger partial charge in [-0.2, -0.15) is 0 Å². The number of carbonyl (C=O) groups excluding carboxylic acids is 2. The van der Waals surface area contributed by atoms with Crippen molar-refractivity contribution in [2.24, 2.45) is 23.7 Å². The van der Waals surface area contributed by atoms with Crippen LogP contribution in [-0.4, -0.2) is 18.0 Å². The number of aliphatic carboxylic acids is 1. The molecule has 5 unspecified atom stereocenters. The number of benzene rings is 3. The summed E-state index contributed by atoms with van der Waals surface area (Å²) in [6.45, 7) is 0. The second-order valence-corrected chi connectivity index (χ2v) is 10.5. The number of esters is 1. The third kappa shape index (κ3) is 3.82. The topological polar surface area (TPSA) is 66.4 Å². The molecule has 0 radical (unpaired) electrons. The van der Waals surface area contributed by atoms with E-state index in [1.807, 2.05) is 0 Å². The first-order valence-corrected chi connectivity index (χ1v) is 12.2. The average Bonchev–Trinajstić information content (AvgIpc) is 3.45. The molecule has 6 rings (SSSR count). The van der Waals surface area contributed by atoms with Gasteiger partial charge in [0, 0.05) is 17.8 Å². The highest BCUT2D eigenvalue weighted by Gasteiger charge is 2.62. The van der Waals surface area contributed by atoms with E-state index < -0.39 is 17.8 Å². The van der Waals surface area contributed by atoms with Crippen molar-refractivity contribution >= 4 is 22.8 Å². The van der Waals surface area contributed by atoms with Crippen molar-refractivity contribution in [2.75, 3.05) is 0 Å². The third-order valence-corrected chi connectivity index (χ3v) is 8.92. The van der Waals surface area contributed by atoms with Gasteiger partial charge in [0.25, 0.3) is 0 Å². The summed E-state index contributed by atoms with van der Waals surface area (Å²) in [4.78, 5) is 26.2. The second kappa shape index (κ2) is 8.83. The molecule has 2 bridgehead atoms. The van der Waals surface area contributed by atoms with Crippen molar-refractivity contribution < 1.29 is 19.4 Å². The SMILES string of the molecule is O=C([O-])C1C2CC3OC(=O)C1C3C2.c1ccc([S+](c2ccccc2)c2ccccc2)cc1. The minimum absolute atomic E-state index is 0.0121. The lowest BCUT2D eigenvalue weighted by Gasteiger charge is -2.24. The van der Waals surface area contributed by atoms with Crippen molar-refractivity contribution in [1.29, 1.82) is 0 Å². The molecule has 3 aromatic rings. The molecule has 0 spiro atoms. The lowest BCUT2D eigenvalue weighted by Crippen LogP contribution is -2.40. The van der Waals surface area contributed by atoms with Crippen LogP contribution in [0.4, 0.5) is 0 Å². The van der Waals surface area contributed by atoms with Gasteiger partial charge in [0.05, 0.1) is 16.8 Å². The largest absolute Gasteiger partial charge is 0.550 e. The molecule has 5 heteroatoms. The summed E-state index contributed by atoms with van der Waals surface area (Å²) in [5.41, 5.74) is 0. The van der Waals surface area contributed by atoms with Gasteiger partial charge in [-0.25, -0.2) is 0 Å². The second-order valence-electron chi connectivity index (χ2n) is 8.49. The molecule has 4 nitrogen and oxygen atoms in total. The van der Waals surface area contributed by atoms with E-state index in [0.29, 0.717) is 0 Å². The van der Waals surface area contributed by atoms with Gasteiger partial charge in [-0.05, 0) is 55.2 Å². The fraction of sp³-hybridized carbons (Fsp3) is 0.259. The number of hydrogen-bond acceptors (Lipinski definition) is 4. The first-order valence-electron chi connectivity index (χ1n) is 10.9. The summed E-state index contributed by atoms with van der Waals surface area (Å²) in [6.07, 6.45) is 1.57. The maximum absolute atomic E-state index is 11.3. The minimum atomic E-state index is -1.07. The molecule has 2 saturated carbocycles. The Morgan fingerprint density at radius 2 is 1.25 bits per heavy atom. The van der Waals surface area contributed by atoms with E-state index >= 15 is 0 Å². The fourth-order valence-corrected chi connectivity index (χ4v) is 7.51. The monoisotopic (exact) mass is 444 g/mol. The first-order chi connectivity index (χ1) is 15.6. The molecule has 5 atom stereocenters. The number of carbonyl (C=O) groups is 2. The van der Waals surface area contributed by atoms with Gasteiger partial charge in [-0.15, -0.1) is 0 Å². The van der Waals surface area contributed by atoms with Gasteiger partial charge in [0.2, 0.25) is 0 Å². The average molecular weight is 445 g/mol. The Hall–Kier alpha value is -3.05. The highest BCUT2D eigenvalue weighted by molar-refractivity contribution is 7.97. The highest BCUT2D eigenvalue weighted by atomic mass is 32.2. The first kappa shape index (κ1) is 20.8. The summed E-state index contributed by atoms with van der Waals surface area (Å²) in [7, 11) is -0.0146. The number of rotatable bonds is 4. The van der Waals surface area contributed by atoms with Crippen molar-refractivity contribution in [2.45, 2.75) is 33.6 Å². The van der Waals surface area contributed by atoms with E-state index in [-0.39, 0.29) is 34.8 Å². The van der Waals surface area contributed by atoms with Gasteiger partial charge in [-0.1, -0.05) is 54.6 Å². The molecule has 3 fully saturated rings. The predicted octanol–water partition coefficient (Wildman–Crippen LogP) is 3.72. The van der Waals surface area contributed by atoms with Crippen molar-refractivity contribution in [3.05, 3.63) is 91.0 Å². The summed E-state index contributed by atoms with van der Waals surface area (Å²) in [6, 6.07) is 32.2. The lowest BCUT2D eigenvalue weighted by atomic mass is 9.80. The molecule has 1 heterocycles.